The van der Waals surface area contributed by atoms with Crippen LogP contribution in [-0.2, 0) is 10.7 Å². The number of carbonyl (C=O) groups excluding carboxylic acids is 1. The van der Waals surface area contributed by atoms with Crippen LogP contribution in [0.3, 0.4) is 0 Å². The van der Waals surface area contributed by atoms with Crippen molar-refractivity contribution in [2.75, 3.05) is 23.3 Å². The summed E-state index contributed by atoms with van der Waals surface area (Å²) in [4.78, 5) is 22.2. The topological polar surface area (TPSA) is 88.0 Å². The lowest BCUT2D eigenvalue weighted by atomic mass is 10.2. The van der Waals surface area contributed by atoms with Crippen molar-refractivity contribution in [3.63, 3.8) is 0 Å². The van der Waals surface area contributed by atoms with Crippen LogP contribution in [0.2, 0.25) is 0 Å². The van der Waals surface area contributed by atoms with Gasteiger partial charge in [-0.2, -0.15) is 8.78 Å². The highest BCUT2D eigenvalue weighted by Gasteiger charge is 2.29. The van der Waals surface area contributed by atoms with E-state index in [0.717, 1.165) is 31.8 Å². The van der Waals surface area contributed by atoms with E-state index in [0.29, 0.717) is 29.2 Å². The smallest absolute Gasteiger partial charge is 0.287 e. The first-order valence-electron chi connectivity index (χ1n) is 10.6. The molecule has 1 aliphatic heterocycles. The molecule has 3 aromatic rings. The van der Waals surface area contributed by atoms with Gasteiger partial charge in [0, 0.05) is 51.3 Å². The van der Waals surface area contributed by atoms with E-state index in [1.165, 1.54) is 23.7 Å². The van der Waals surface area contributed by atoms with Gasteiger partial charge in [-0.3, -0.25) is 4.79 Å². The third-order valence-electron chi connectivity index (χ3n) is 5.31. The number of fused-ring (bicyclic) bond motifs is 1. The van der Waals surface area contributed by atoms with E-state index in [2.05, 4.69) is 39.3 Å². The fourth-order valence-corrected chi connectivity index (χ4v) is 4.00. The molecule has 2 N–H and O–H groups in total. The van der Waals surface area contributed by atoms with E-state index in [1.54, 1.807) is 18.3 Å². The highest BCUT2D eigenvalue weighted by Crippen LogP contribution is 2.32. The number of rotatable bonds is 6. The van der Waals surface area contributed by atoms with Crippen LogP contribution in [0.5, 0.6) is 0 Å². The minimum atomic E-state index is -3.07. The van der Waals surface area contributed by atoms with Crippen LogP contribution in [0.15, 0.2) is 30.5 Å². The highest BCUT2D eigenvalue weighted by atomic mass is 19.3. The molecule has 0 aromatic carbocycles. The zero-order chi connectivity index (χ0) is 23.0. The number of amides is 1. The van der Waals surface area contributed by atoms with Crippen LogP contribution < -0.4 is 15.5 Å². The summed E-state index contributed by atoms with van der Waals surface area (Å²) >= 11 is 0. The molecule has 1 saturated heterocycles. The zero-order valence-corrected chi connectivity index (χ0v) is 18.6. The van der Waals surface area contributed by atoms with Crippen LogP contribution in [-0.4, -0.2) is 50.8 Å². The lowest BCUT2D eigenvalue weighted by molar-refractivity contribution is -0.114. The Balaban J connectivity index is 1.80. The average molecular weight is 444 g/mol. The van der Waals surface area contributed by atoms with Gasteiger partial charge in [0.25, 0.3) is 5.92 Å². The van der Waals surface area contributed by atoms with Gasteiger partial charge in [0.2, 0.25) is 5.91 Å². The number of nitrogens with one attached hydrogen (secondary N) is 2. The van der Waals surface area contributed by atoms with Crippen molar-refractivity contribution in [1.29, 1.82) is 0 Å². The summed E-state index contributed by atoms with van der Waals surface area (Å²) < 4.78 is 29.3. The van der Waals surface area contributed by atoms with Gasteiger partial charge in [0.1, 0.15) is 11.5 Å². The largest absolute Gasteiger partial charge is 0.353 e. The molecule has 0 bridgehead atoms. The second kappa shape index (κ2) is 8.42. The van der Waals surface area contributed by atoms with Crippen molar-refractivity contribution in [2.24, 2.45) is 0 Å². The van der Waals surface area contributed by atoms with Gasteiger partial charge in [-0.15, -0.1) is 5.10 Å². The maximum atomic E-state index is 13.9. The van der Waals surface area contributed by atoms with Crippen LogP contribution in [0.4, 0.5) is 20.4 Å². The summed E-state index contributed by atoms with van der Waals surface area (Å²) in [5.74, 6) is -1.98. The average Bonchev–Trinajstić information content (AvgIpc) is 3.30. The van der Waals surface area contributed by atoms with Crippen molar-refractivity contribution in [2.45, 2.75) is 52.1 Å². The molecule has 10 heteroatoms. The molecule has 0 aliphatic carbocycles. The summed E-state index contributed by atoms with van der Waals surface area (Å²) in [6, 6.07) is 6.86. The van der Waals surface area contributed by atoms with Gasteiger partial charge in [0.05, 0.1) is 10.9 Å². The number of aromatic nitrogens is 4. The number of alkyl halides is 2. The second-order valence-corrected chi connectivity index (χ2v) is 8.53. The minimum Gasteiger partial charge on any atom is -0.353 e. The Kier molecular flexibility index (Phi) is 5.81. The van der Waals surface area contributed by atoms with E-state index in [4.69, 9.17) is 5.10 Å². The first-order chi connectivity index (χ1) is 15.1. The Labute approximate surface area is 185 Å². The summed E-state index contributed by atoms with van der Waals surface area (Å²) in [6.07, 6.45) is 2.63. The second-order valence-electron chi connectivity index (χ2n) is 8.53. The van der Waals surface area contributed by atoms with Crippen LogP contribution >= 0.6 is 0 Å². The molecule has 4 heterocycles. The molecule has 0 saturated carbocycles. The van der Waals surface area contributed by atoms with E-state index in [1.807, 2.05) is 0 Å². The third-order valence-corrected chi connectivity index (χ3v) is 5.31. The summed E-state index contributed by atoms with van der Waals surface area (Å²) in [5.41, 5.74) is 0.293. The molecular formula is C22H27F2N7O. The van der Waals surface area contributed by atoms with Crippen LogP contribution in [0.1, 0.15) is 39.8 Å². The Morgan fingerprint density at radius 1 is 1.31 bits per heavy atom. The number of hydrogen-bond donors (Lipinski definition) is 2. The van der Waals surface area contributed by atoms with Crippen molar-refractivity contribution >= 4 is 28.4 Å². The lowest BCUT2D eigenvalue weighted by Crippen LogP contribution is -2.37. The molecule has 1 atom stereocenters. The maximum absolute atomic E-state index is 13.9. The van der Waals surface area contributed by atoms with Gasteiger partial charge >= 0.3 is 0 Å². The van der Waals surface area contributed by atoms with Crippen LogP contribution in [0, 0.1) is 0 Å². The number of anilines is 2. The molecule has 4 rings (SSSR count). The van der Waals surface area contributed by atoms with Crippen molar-refractivity contribution in [3.05, 3.63) is 36.2 Å². The van der Waals surface area contributed by atoms with Crippen molar-refractivity contribution < 1.29 is 13.6 Å². The Bertz CT molecular complexity index is 1140. The molecule has 170 valence electrons. The van der Waals surface area contributed by atoms with Crippen molar-refractivity contribution in [3.8, 4) is 5.82 Å². The quantitative estimate of drug-likeness (QED) is 0.607. The summed E-state index contributed by atoms with van der Waals surface area (Å²) in [5, 5.41) is 11.7. The Morgan fingerprint density at radius 3 is 2.78 bits per heavy atom. The van der Waals surface area contributed by atoms with Gasteiger partial charge in [-0.05, 0) is 18.6 Å². The molecule has 1 amide bonds. The first kappa shape index (κ1) is 22.1. The number of carbonyl (C=O) groups is 1. The number of pyridine rings is 2. The predicted octanol–water partition coefficient (Wildman–Crippen LogP) is 3.46. The molecule has 1 aliphatic rings. The van der Waals surface area contributed by atoms with Gasteiger partial charge in [-0.25, -0.2) is 14.6 Å². The van der Waals surface area contributed by atoms with Crippen LogP contribution in [0.25, 0.3) is 16.7 Å². The van der Waals surface area contributed by atoms with Gasteiger partial charge in [-0.1, -0.05) is 19.9 Å². The molecule has 0 radical (unpaired) electrons. The summed E-state index contributed by atoms with van der Waals surface area (Å²) in [7, 11) is 0. The number of nitrogens with zero attached hydrogens (tertiary/aromatic N) is 5. The SMILES string of the molecule is CC(=O)Nc1cc2c(cn1)c(N1CCC(NC(C)C)C1)nn2-c1cccc(C(C)(F)F)n1. The molecule has 8 nitrogen and oxygen atoms in total. The third kappa shape index (κ3) is 4.55. The van der Waals surface area contributed by atoms with E-state index >= 15 is 0 Å². The predicted molar refractivity (Wildman–Crippen MR) is 119 cm³/mol. The van der Waals surface area contributed by atoms with E-state index in [-0.39, 0.29) is 17.4 Å². The van der Waals surface area contributed by atoms with E-state index < -0.39 is 5.92 Å². The molecular weight excluding hydrogens is 416 g/mol. The minimum absolute atomic E-state index is 0.254. The highest BCUT2D eigenvalue weighted by molar-refractivity contribution is 5.95. The van der Waals surface area contributed by atoms with E-state index in [9.17, 15) is 13.6 Å². The number of hydrogen-bond acceptors (Lipinski definition) is 6. The summed E-state index contributed by atoms with van der Waals surface area (Å²) in [6.45, 7) is 8.03. The molecule has 0 spiro atoms. The normalized spacial score (nSPS) is 16.8. The van der Waals surface area contributed by atoms with Gasteiger partial charge < -0.3 is 15.5 Å². The standard InChI is InChI=1S/C22H27F2N7O/c1-13(2)26-15-8-9-30(12-15)21-16-11-25-19(27-14(3)32)10-17(16)31(29-21)20-7-5-6-18(28-20)22(4,23)24/h5-7,10-11,13,15,26H,8-9,12H2,1-4H3,(H,25,27,32). The Hall–Kier alpha value is -3.14. The van der Waals surface area contributed by atoms with Gasteiger partial charge in [0.15, 0.2) is 11.6 Å². The Morgan fingerprint density at radius 2 is 2.09 bits per heavy atom. The maximum Gasteiger partial charge on any atom is 0.287 e. The fourth-order valence-electron chi connectivity index (χ4n) is 4.00. The first-order valence-corrected chi connectivity index (χ1v) is 10.6. The fraction of sp³-hybridized carbons (Fsp3) is 0.455. The molecule has 32 heavy (non-hydrogen) atoms. The molecule has 3 aromatic heterocycles. The monoisotopic (exact) mass is 443 g/mol. The zero-order valence-electron chi connectivity index (χ0n) is 18.6. The molecule has 1 unspecified atom stereocenters. The number of halogens is 2. The lowest BCUT2D eigenvalue weighted by Gasteiger charge is -2.18. The molecule has 1 fully saturated rings. The van der Waals surface area contributed by atoms with Crippen molar-refractivity contribution in [1.82, 2.24) is 25.1 Å².